The lowest BCUT2D eigenvalue weighted by Crippen LogP contribution is -2.39. The highest BCUT2D eigenvalue weighted by atomic mass is 19.4. The van der Waals surface area contributed by atoms with Crippen LogP contribution in [0, 0.1) is 5.92 Å². The lowest BCUT2D eigenvalue weighted by molar-refractivity contribution is -0.138. The maximum absolute atomic E-state index is 12.7. The molecule has 1 aliphatic rings. The van der Waals surface area contributed by atoms with Crippen molar-refractivity contribution in [1.29, 1.82) is 0 Å². The van der Waals surface area contributed by atoms with Crippen molar-refractivity contribution in [3.05, 3.63) is 66.3 Å². The molecule has 27 heavy (non-hydrogen) atoms. The number of carbonyl (C=O) groups excluding carboxylic acids is 1. The minimum Gasteiger partial charge on any atom is -0.331 e. The molecule has 1 amide bonds. The van der Waals surface area contributed by atoms with Gasteiger partial charge < -0.3 is 9.47 Å². The van der Waals surface area contributed by atoms with E-state index in [-0.39, 0.29) is 11.8 Å². The zero-order valence-corrected chi connectivity index (χ0v) is 15.0. The summed E-state index contributed by atoms with van der Waals surface area (Å²) in [5, 5.41) is 0. The van der Waals surface area contributed by atoms with Crippen molar-refractivity contribution in [2.45, 2.75) is 38.5 Å². The standard InChI is InChI=1S/C20H22F3N3O/c1-2-11-26(19(27)16-4-3-5-16)14-18-24-10-12-25(18)13-15-6-8-17(9-7-15)20(21,22)23/h2,6-10,12,16H,1,3-5,11,13-14H2. The predicted molar refractivity (Wildman–Crippen MR) is 95.7 cm³/mol. The third-order valence-electron chi connectivity index (χ3n) is 4.88. The highest BCUT2D eigenvalue weighted by Crippen LogP contribution is 2.30. The van der Waals surface area contributed by atoms with Crippen molar-refractivity contribution in [1.82, 2.24) is 14.5 Å². The van der Waals surface area contributed by atoms with Gasteiger partial charge in [0, 0.05) is 31.4 Å². The molecule has 0 spiro atoms. The number of hydrogen-bond acceptors (Lipinski definition) is 2. The number of imidazole rings is 1. The summed E-state index contributed by atoms with van der Waals surface area (Å²) in [5.74, 6) is 0.901. The average molecular weight is 377 g/mol. The number of aromatic nitrogens is 2. The minimum atomic E-state index is -4.34. The maximum atomic E-state index is 12.7. The third kappa shape index (κ3) is 4.59. The fraction of sp³-hybridized carbons (Fsp3) is 0.400. The first-order valence-electron chi connectivity index (χ1n) is 8.94. The normalized spacial score (nSPS) is 14.6. The number of hydrogen-bond donors (Lipinski definition) is 0. The Morgan fingerprint density at radius 2 is 2.00 bits per heavy atom. The molecule has 144 valence electrons. The van der Waals surface area contributed by atoms with E-state index in [1.807, 2.05) is 4.57 Å². The van der Waals surface area contributed by atoms with Crippen molar-refractivity contribution in [3.63, 3.8) is 0 Å². The molecule has 0 bridgehead atoms. The largest absolute Gasteiger partial charge is 0.416 e. The predicted octanol–water partition coefficient (Wildman–Crippen LogP) is 4.26. The van der Waals surface area contributed by atoms with Crippen molar-refractivity contribution < 1.29 is 18.0 Å². The van der Waals surface area contributed by atoms with Gasteiger partial charge in [-0.05, 0) is 30.5 Å². The summed E-state index contributed by atoms with van der Waals surface area (Å²) in [7, 11) is 0. The van der Waals surface area contributed by atoms with Crippen molar-refractivity contribution >= 4 is 5.91 Å². The number of halogens is 3. The van der Waals surface area contributed by atoms with Crippen molar-refractivity contribution in [2.24, 2.45) is 5.92 Å². The van der Waals surface area contributed by atoms with Gasteiger partial charge in [0.05, 0.1) is 12.1 Å². The number of nitrogens with zero attached hydrogens (tertiary/aromatic N) is 3. The van der Waals surface area contributed by atoms with E-state index in [2.05, 4.69) is 11.6 Å². The van der Waals surface area contributed by atoms with Crippen molar-refractivity contribution in [2.75, 3.05) is 6.54 Å². The molecule has 7 heteroatoms. The van der Waals surface area contributed by atoms with Crippen LogP contribution in [-0.4, -0.2) is 26.9 Å². The maximum Gasteiger partial charge on any atom is 0.416 e. The van der Waals surface area contributed by atoms with Crippen LogP contribution in [0.2, 0.25) is 0 Å². The first kappa shape index (κ1) is 19.2. The molecule has 0 radical (unpaired) electrons. The van der Waals surface area contributed by atoms with Crippen LogP contribution in [0.4, 0.5) is 13.2 Å². The Bertz CT molecular complexity index is 792. The summed E-state index contributed by atoms with van der Waals surface area (Å²) in [5.41, 5.74) is 0.0724. The van der Waals surface area contributed by atoms with Crippen molar-refractivity contribution in [3.8, 4) is 0 Å². The van der Waals surface area contributed by atoms with Gasteiger partial charge in [0.2, 0.25) is 5.91 Å². The number of benzene rings is 1. The molecule has 0 saturated heterocycles. The quantitative estimate of drug-likeness (QED) is 0.676. The highest BCUT2D eigenvalue weighted by Gasteiger charge is 2.30. The molecule has 1 saturated carbocycles. The monoisotopic (exact) mass is 377 g/mol. The molecule has 4 nitrogen and oxygen atoms in total. The van der Waals surface area contributed by atoms with Gasteiger partial charge in [-0.15, -0.1) is 6.58 Å². The fourth-order valence-electron chi connectivity index (χ4n) is 3.10. The molecule has 0 atom stereocenters. The summed E-state index contributed by atoms with van der Waals surface area (Å²) in [6, 6.07) is 5.09. The molecular weight excluding hydrogens is 355 g/mol. The Morgan fingerprint density at radius 1 is 1.30 bits per heavy atom. The number of alkyl halides is 3. The molecule has 1 aromatic carbocycles. The molecular formula is C20H22F3N3O. The molecule has 1 aromatic heterocycles. The molecule has 0 aliphatic heterocycles. The molecule has 1 heterocycles. The number of amides is 1. The average Bonchev–Trinajstić information content (AvgIpc) is 2.99. The van der Waals surface area contributed by atoms with E-state index in [0.29, 0.717) is 25.5 Å². The Kier molecular flexibility index (Phi) is 5.68. The summed E-state index contributed by atoms with van der Waals surface area (Å²) < 4.78 is 39.9. The van der Waals surface area contributed by atoms with Gasteiger partial charge in [-0.2, -0.15) is 13.2 Å². The molecule has 0 N–H and O–H groups in total. The smallest absolute Gasteiger partial charge is 0.331 e. The lowest BCUT2D eigenvalue weighted by Gasteiger charge is -2.31. The van der Waals surface area contributed by atoms with Gasteiger partial charge in [-0.3, -0.25) is 4.79 Å². The number of carbonyl (C=O) groups is 1. The Labute approximate surface area is 156 Å². The van der Waals surface area contributed by atoms with Gasteiger partial charge in [-0.1, -0.05) is 24.6 Å². The first-order valence-corrected chi connectivity index (χ1v) is 8.94. The zero-order valence-electron chi connectivity index (χ0n) is 15.0. The van der Waals surface area contributed by atoms with E-state index >= 15 is 0 Å². The fourth-order valence-corrected chi connectivity index (χ4v) is 3.10. The second-order valence-electron chi connectivity index (χ2n) is 6.80. The topological polar surface area (TPSA) is 38.1 Å². The molecule has 3 rings (SSSR count). The van der Waals surface area contributed by atoms with Gasteiger partial charge in [0.25, 0.3) is 0 Å². The summed E-state index contributed by atoms with van der Waals surface area (Å²) in [6.07, 6.45) is 3.69. The molecule has 0 unspecified atom stereocenters. The van der Waals surface area contributed by atoms with E-state index in [1.165, 1.54) is 12.1 Å². The molecule has 1 fully saturated rings. The van der Waals surface area contributed by atoms with E-state index in [4.69, 9.17) is 0 Å². The van der Waals surface area contributed by atoms with E-state index in [1.54, 1.807) is 23.4 Å². The van der Waals surface area contributed by atoms with Crippen LogP contribution in [0.1, 0.15) is 36.2 Å². The highest BCUT2D eigenvalue weighted by molar-refractivity contribution is 5.79. The Balaban J connectivity index is 1.71. The van der Waals surface area contributed by atoms with Crippen LogP contribution in [0.15, 0.2) is 49.3 Å². The van der Waals surface area contributed by atoms with Crippen LogP contribution in [0.3, 0.4) is 0 Å². The Morgan fingerprint density at radius 3 is 2.56 bits per heavy atom. The second kappa shape index (κ2) is 7.98. The van der Waals surface area contributed by atoms with E-state index in [0.717, 1.165) is 37.0 Å². The van der Waals surface area contributed by atoms with Crippen LogP contribution < -0.4 is 0 Å². The van der Waals surface area contributed by atoms with Gasteiger partial charge in [-0.25, -0.2) is 4.98 Å². The Hall–Kier alpha value is -2.57. The van der Waals surface area contributed by atoms with Gasteiger partial charge >= 0.3 is 6.18 Å². The lowest BCUT2D eigenvalue weighted by atomic mass is 9.84. The zero-order chi connectivity index (χ0) is 19.4. The first-order chi connectivity index (χ1) is 12.9. The third-order valence-corrected chi connectivity index (χ3v) is 4.88. The van der Waals surface area contributed by atoms with E-state index in [9.17, 15) is 18.0 Å². The van der Waals surface area contributed by atoms with Crippen LogP contribution in [0.5, 0.6) is 0 Å². The SMILES string of the molecule is C=CCN(Cc1nccn1Cc1ccc(C(F)(F)F)cc1)C(=O)C1CCC1. The minimum absolute atomic E-state index is 0.0864. The van der Waals surface area contributed by atoms with Crippen LogP contribution in [-0.2, 0) is 24.1 Å². The van der Waals surface area contributed by atoms with Crippen LogP contribution in [0.25, 0.3) is 0 Å². The summed E-state index contributed by atoms with van der Waals surface area (Å²) in [6.45, 7) is 4.92. The van der Waals surface area contributed by atoms with Crippen LogP contribution >= 0.6 is 0 Å². The summed E-state index contributed by atoms with van der Waals surface area (Å²) in [4.78, 5) is 18.6. The van der Waals surface area contributed by atoms with Gasteiger partial charge in [0.1, 0.15) is 5.82 Å². The molecule has 1 aliphatic carbocycles. The van der Waals surface area contributed by atoms with Gasteiger partial charge in [0.15, 0.2) is 0 Å². The molecule has 2 aromatic rings. The summed E-state index contributed by atoms with van der Waals surface area (Å²) >= 11 is 0. The second-order valence-corrected chi connectivity index (χ2v) is 6.80. The number of rotatable bonds is 7. The van der Waals surface area contributed by atoms with E-state index < -0.39 is 11.7 Å².